The minimum Gasteiger partial charge on any atom is -0.362 e. The second-order valence-electron chi connectivity index (χ2n) is 8.27. The van der Waals surface area contributed by atoms with E-state index in [2.05, 4.69) is 6.07 Å². The van der Waals surface area contributed by atoms with Crippen molar-refractivity contribution in [2.24, 2.45) is 0 Å². The molecule has 174 valence electrons. The second-order valence-corrected chi connectivity index (χ2v) is 8.27. The number of amides is 1. The lowest BCUT2D eigenvalue weighted by atomic mass is 10.1. The maximum atomic E-state index is 14.5. The van der Waals surface area contributed by atoms with Gasteiger partial charge in [-0.05, 0) is 61.4 Å². The monoisotopic (exact) mass is 467 g/mol. The molecule has 0 aromatic heterocycles. The van der Waals surface area contributed by atoms with Crippen molar-refractivity contribution in [2.45, 2.75) is 25.9 Å². The van der Waals surface area contributed by atoms with Gasteiger partial charge in [-0.25, -0.2) is 17.6 Å². The Balaban J connectivity index is 1.63. The summed E-state index contributed by atoms with van der Waals surface area (Å²) in [5, 5.41) is 9.25. The first-order valence-electron chi connectivity index (χ1n) is 10.7. The highest BCUT2D eigenvalue weighted by Crippen LogP contribution is 2.29. The Kier molecular flexibility index (Phi) is 6.55. The minimum atomic E-state index is -1.10. The van der Waals surface area contributed by atoms with Crippen molar-refractivity contribution in [3.63, 3.8) is 0 Å². The van der Waals surface area contributed by atoms with E-state index in [4.69, 9.17) is 0 Å². The minimum absolute atomic E-state index is 0.0384. The predicted octanol–water partition coefficient (Wildman–Crippen LogP) is 5.34. The zero-order chi connectivity index (χ0) is 24.4. The van der Waals surface area contributed by atoms with Crippen LogP contribution in [0.1, 0.15) is 33.5 Å². The maximum absolute atomic E-state index is 14.5. The number of benzene rings is 3. The average Bonchev–Trinajstić information content (AvgIpc) is 3.31. The number of hydrogen-bond donors (Lipinski definition) is 0. The third-order valence-electron chi connectivity index (χ3n) is 6.09. The van der Waals surface area contributed by atoms with Crippen LogP contribution in [-0.2, 0) is 6.54 Å². The molecule has 4 rings (SSSR count). The lowest BCUT2D eigenvalue weighted by Gasteiger charge is -2.32. The highest BCUT2D eigenvalue weighted by Gasteiger charge is 2.32. The summed E-state index contributed by atoms with van der Waals surface area (Å²) >= 11 is 0. The molecule has 8 heteroatoms. The Hall–Kier alpha value is -3.86. The van der Waals surface area contributed by atoms with Crippen molar-refractivity contribution in [1.82, 2.24) is 4.90 Å². The van der Waals surface area contributed by atoms with Crippen LogP contribution in [0, 0.1) is 41.5 Å². The molecule has 1 aliphatic heterocycles. The van der Waals surface area contributed by atoms with Crippen molar-refractivity contribution in [1.29, 1.82) is 5.26 Å². The summed E-state index contributed by atoms with van der Waals surface area (Å²) in [6.07, 6.45) is 0.533. The van der Waals surface area contributed by atoms with Crippen LogP contribution in [0.5, 0.6) is 0 Å². The molecule has 0 spiro atoms. The van der Waals surface area contributed by atoms with Crippen LogP contribution in [0.15, 0.2) is 54.6 Å². The van der Waals surface area contributed by atoms with Crippen molar-refractivity contribution < 1.29 is 22.4 Å². The van der Waals surface area contributed by atoms with Gasteiger partial charge in [0.15, 0.2) is 23.3 Å². The molecule has 3 aromatic carbocycles. The number of hydrogen-bond acceptors (Lipinski definition) is 3. The fourth-order valence-corrected chi connectivity index (χ4v) is 4.23. The van der Waals surface area contributed by atoms with E-state index in [0.29, 0.717) is 24.2 Å². The van der Waals surface area contributed by atoms with Gasteiger partial charge >= 0.3 is 0 Å². The van der Waals surface area contributed by atoms with E-state index in [-0.39, 0.29) is 30.3 Å². The normalized spacial score (nSPS) is 15.3. The van der Waals surface area contributed by atoms with Crippen LogP contribution >= 0.6 is 0 Å². The lowest BCUT2D eigenvalue weighted by molar-refractivity contribution is 0.0790. The summed E-state index contributed by atoms with van der Waals surface area (Å²) < 4.78 is 55.2. The molecule has 1 fully saturated rings. The molecule has 34 heavy (non-hydrogen) atoms. The van der Waals surface area contributed by atoms with Gasteiger partial charge < -0.3 is 9.80 Å². The van der Waals surface area contributed by atoms with Gasteiger partial charge in [0.25, 0.3) is 5.91 Å². The van der Waals surface area contributed by atoms with Crippen LogP contribution in [0.2, 0.25) is 0 Å². The molecule has 0 saturated carbocycles. The van der Waals surface area contributed by atoms with Crippen LogP contribution in [0.4, 0.5) is 23.2 Å². The smallest absolute Gasteiger partial charge is 0.254 e. The van der Waals surface area contributed by atoms with Gasteiger partial charge in [-0.1, -0.05) is 12.1 Å². The van der Waals surface area contributed by atoms with Crippen LogP contribution in [0.3, 0.4) is 0 Å². The number of likely N-dealkylation sites (tertiary alicyclic amines) is 1. The van der Waals surface area contributed by atoms with Crippen molar-refractivity contribution >= 4 is 11.6 Å². The molecule has 0 bridgehead atoms. The highest BCUT2D eigenvalue weighted by molar-refractivity contribution is 5.94. The van der Waals surface area contributed by atoms with Gasteiger partial charge in [0.1, 0.15) is 0 Å². The average molecular weight is 467 g/mol. The van der Waals surface area contributed by atoms with Gasteiger partial charge in [-0.2, -0.15) is 5.26 Å². The number of nitrogens with zero attached hydrogens (tertiary/aromatic N) is 3. The van der Waals surface area contributed by atoms with Crippen molar-refractivity contribution in [3.05, 3.63) is 100 Å². The molecule has 3 aromatic rings. The van der Waals surface area contributed by atoms with Gasteiger partial charge in [-0.3, -0.25) is 4.79 Å². The van der Waals surface area contributed by atoms with Crippen molar-refractivity contribution in [3.8, 4) is 6.07 Å². The van der Waals surface area contributed by atoms with Gasteiger partial charge in [0, 0.05) is 42.5 Å². The largest absolute Gasteiger partial charge is 0.362 e. The van der Waals surface area contributed by atoms with Gasteiger partial charge in [-0.15, -0.1) is 0 Å². The maximum Gasteiger partial charge on any atom is 0.254 e. The first-order valence-corrected chi connectivity index (χ1v) is 10.7. The molecule has 0 aliphatic carbocycles. The number of nitriles is 1. The Bertz CT molecular complexity index is 1290. The molecule has 0 unspecified atom stereocenters. The Morgan fingerprint density at radius 3 is 2.56 bits per heavy atom. The van der Waals surface area contributed by atoms with E-state index in [1.54, 1.807) is 25.1 Å². The molecule has 0 radical (unpaired) electrons. The number of carbonyl (C=O) groups is 1. The third-order valence-corrected chi connectivity index (χ3v) is 6.09. The summed E-state index contributed by atoms with van der Waals surface area (Å²) in [5.41, 5.74) is 2.14. The van der Waals surface area contributed by atoms with Crippen molar-refractivity contribution in [2.75, 3.05) is 18.0 Å². The molecule has 0 N–H and O–H groups in total. The number of rotatable bonds is 5. The zero-order valence-corrected chi connectivity index (χ0v) is 18.4. The Labute approximate surface area is 194 Å². The standard InChI is InChI=1S/C26H21F4N3O/c1-16-11-20(7-5-18(16)13-31)33(14-19-3-2-4-23(28)25(19)30)21-9-10-32(15-21)26(34)17-6-8-22(27)24(29)12-17/h2-8,11-12,21H,9-10,14-15H2,1H3/t21-/m0/s1. The topological polar surface area (TPSA) is 47.3 Å². The van der Waals surface area contributed by atoms with E-state index in [0.717, 1.165) is 23.8 Å². The summed E-state index contributed by atoms with van der Waals surface area (Å²) in [5.74, 6) is -4.46. The van der Waals surface area contributed by atoms with E-state index in [1.165, 1.54) is 23.1 Å². The van der Waals surface area contributed by atoms with Gasteiger partial charge in [0.2, 0.25) is 0 Å². The van der Waals surface area contributed by atoms with Gasteiger partial charge in [0.05, 0.1) is 11.6 Å². The van der Waals surface area contributed by atoms with E-state index in [1.807, 2.05) is 4.90 Å². The van der Waals surface area contributed by atoms with E-state index < -0.39 is 29.2 Å². The molecule has 4 nitrogen and oxygen atoms in total. The zero-order valence-electron chi connectivity index (χ0n) is 18.4. The SMILES string of the molecule is Cc1cc(N(Cc2cccc(F)c2F)[C@H]2CCN(C(=O)c3ccc(F)c(F)c3)C2)ccc1C#N. The van der Waals surface area contributed by atoms with Crippen LogP contribution < -0.4 is 4.90 Å². The van der Waals surface area contributed by atoms with Crippen LogP contribution in [0.25, 0.3) is 0 Å². The highest BCUT2D eigenvalue weighted by atomic mass is 19.2. The number of carbonyl (C=O) groups excluding carboxylic acids is 1. The number of anilines is 1. The van der Waals surface area contributed by atoms with E-state index in [9.17, 15) is 27.6 Å². The molecular weight excluding hydrogens is 446 g/mol. The Morgan fingerprint density at radius 2 is 1.85 bits per heavy atom. The summed E-state index contributed by atoms with van der Waals surface area (Å²) in [6.45, 7) is 2.46. The Morgan fingerprint density at radius 1 is 1.06 bits per heavy atom. The molecule has 1 aliphatic rings. The number of halogens is 4. The summed E-state index contributed by atoms with van der Waals surface area (Å²) in [6, 6.07) is 14.1. The molecule has 1 atom stereocenters. The second kappa shape index (κ2) is 9.56. The fourth-order valence-electron chi connectivity index (χ4n) is 4.23. The van der Waals surface area contributed by atoms with Crippen LogP contribution in [-0.4, -0.2) is 29.9 Å². The molecular formula is C26H21F4N3O. The first-order chi connectivity index (χ1) is 16.3. The first kappa shape index (κ1) is 23.3. The summed E-state index contributed by atoms with van der Waals surface area (Å²) in [7, 11) is 0. The summed E-state index contributed by atoms with van der Waals surface area (Å²) in [4.78, 5) is 16.3. The number of aryl methyl sites for hydroxylation is 1. The molecule has 1 saturated heterocycles. The molecule has 1 heterocycles. The quantitative estimate of drug-likeness (QED) is 0.476. The lowest BCUT2D eigenvalue weighted by Crippen LogP contribution is -2.39. The molecule has 1 amide bonds. The predicted molar refractivity (Wildman–Crippen MR) is 119 cm³/mol. The van der Waals surface area contributed by atoms with E-state index >= 15 is 0 Å². The fraction of sp³-hybridized carbons (Fsp3) is 0.231. The third kappa shape index (κ3) is 4.60.